The smallest absolute Gasteiger partial charge is 0.264 e. The third-order valence-electron chi connectivity index (χ3n) is 4.48. The number of nitrogens with zero attached hydrogens (tertiary/aromatic N) is 2. The minimum atomic E-state index is -3.47. The second-order valence-electron chi connectivity index (χ2n) is 6.62. The Kier molecular flexibility index (Phi) is 5.73. The molecule has 0 aromatic heterocycles. The number of ether oxygens (including phenoxy) is 1. The molecular formula is C17H24N2O5S. The molecule has 1 unspecified atom stereocenters. The Morgan fingerprint density at radius 3 is 2.52 bits per heavy atom. The fraction of sp³-hybridized carbons (Fsp3) is 0.588. The average molecular weight is 368 g/mol. The minimum absolute atomic E-state index is 0.00281. The second-order valence-corrected chi connectivity index (χ2v) is 8.26. The quantitative estimate of drug-likeness (QED) is 0.693. The maximum Gasteiger partial charge on any atom is 0.264 e. The standard InChI is InChI=1S/C17H24N2O5S/c1-25(21,22)24-13-15-10-17(20)19(12-15)16-4-2-14(3-5-16)11-18-6-8-23-9-7-18/h2-5,15H,6-13H2,1H3. The number of anilines is 1. The van der Waals surface area contributed by atoms with E-state index in [2.05, 4.69) is 4.90 Å². The van der Waals surface area contributed by atoms with Crippen molar-refractivity contribution in [2.45, 2.75) is 13.0 Å². The molecule has 2 saturated heterocycles. The van der Waals surface area contributed by atoms with Crippen molar-refractivity contribution in [3.8, 4) is 0 Å². The molecule has 1 aromatic carbocycles. The zero-order valence-corrected chi connectivity index (χ0v) is 15.2. The summed E-state index contributed by atoms with van der Waals surface area (Å²) < 4.78 is 32.4. The van der Waals surface area contributed by atoms with E-state index in [9.17, 15) is 13.2 Å². The predicted octanol–water partition coefficient (Wildman–Crippen LogP) is 0.848. The molecule has 0 saturated carbocycles. The Morgan fingerprint density at radius 1 is 1.20 bits per heavy atom. The molecule has 138 valence electrons. The Bertz CT molecular complexity index is 698. The van der Waals surface area contributed by atoms with Crippen LogP contribution in [0.15, 0.2) is 24.3 Å². The van der Waals surface area contributed by atoms with Gasteiger partial charge >= 0.3 is 0 Å². The van der Waals surface area contributed by atoms with E-state index in [1.54, 1.807) is 4.90 Å². The zero-order chi connectivity index (χ0) is 17.9. The second kappa shape index (κ2) is 7.82. The number of carbonyl (C=O) groups is 1. The molecular weight excluding hydrogens is 344 g/mol. The number of benzene rings is 1. The van der Waals surface area contributed by atoms with Crippen LogP contribution in [0, 0.1) is 5.92 Å². The van der Waals surface area contributed by atoms with Crippen molar-refractivity contribution in [1.29, 1.82) is 0 Å². The van der Waals surface area contributed by atoms with Gasteiger partial charge in [-0.3, -0.25) is 13.9 Å². The van der Waals surface area contributed by atoms with Crippen molar-refractivity contribution in [2.24, 2.45) is 5.92 Å². The normalized spacial score (nSPS) is 22.5. The summed E-state index contributed by atoms with van der Waals surface area (Å²) in [5, 5.41) is 0. The van der Waals surface area contributed by atoms with Gasteiger partial charge < -0.3 is 9.64 Å². The van der Waals surface area contributed by atoms with E-state index < -0.39 is 10.1 Å². The SMILES string of the molecule is CS(=O)(=O)OCC1CC(=O)N(c2ccc(CN3CCOCC3)cc2)C1. The van der Waals surface area contributed by atoms with Crippen LogP contribution >= 0.6 is 0 Å². The third-order valence-corrected chi connectivity index (χ3v) is 5.05. The fourth-order valence-electron chi connectivity index (χ4n) is 3.16. The van der Waals surface area contributed by atoms with Crippen LogP contribution < -0.4 is 4.90 Å². The molecule has 8 heteroatoms. The highest BCUT2D eigenvalue weighted by Crippen LogP contribution is 2.26. The van der Waals surface area contributed by atoms with Gasteiger partial charge in [-0.05, 0) is 17.7 Å². The largest absolute Gasteiger partial charge is 0.379 e. The molecule has 2 aliphatic heterocycles. The van der Waals surface area contributed by atoms with Crippen LogP contribution in [0.25, 0.3) is 0 Å². The summed E-state index contributed by atoms with van der Waals surface area (Å²) in [6, 6.07) is 7.98. The molecule has 0 bridgehead atoms. The first-order valence-electron chi connectivity index (χ1n) is 8.44. The maximum atomic E-state index is 12.2. The number of amides is 1. The first-order valence-corrected chi connectivity index (χ1v) is 10.3. The lowest BCUT2D eigenvalue weighted by Gasteiger charge is -2.26. The number of hydrogen-bond acceptors (Lipinski definition) is 6. The van der Waals surface area contributed by atoms with Crippen LogP contribution in [0.1, 0.15) is 12.0 Å². The summed E-state index contributed by atoms with van der Waals surface area (Å²) >= 11 is 0. The van der Waals surface area contributed by atoms with Gasteiger partial charge in [0.15, 0.2) is 0 Å². The van der Waals surface area contributed by atoms with Crippen molar-refractivity contribution in [3.63, 3.8) is 0 Å². The highest BCUT2D eigenvalue weighted by molar-refractivity contribution is 7.85. The Hall–Kier alpha value is -1.48. The van der Waals surface area contributed by atoms with Crippen molar-refractivity contribution >= 4 is 21.7 Å². The average Bonchev–Trinajstić information content (AvgIpc) is 2.95. The van der Waals surface area contributed by atoms with Crippen LogP contribution in [0.3, 0.4) is 0 Å². The molecule has 7 nitrogen and oxygen atoms in total. The summed E-state index contributed by atoms with van der Waals surface area (Å²) in [7, 11) is -3.47. The summed E-state index contributed by atoms with van der Waals surface area (Å²) in [4.78, 5) is 16.3. The zero-order valence-electron chi connectivity index (χ0n) is 14.4. The molecule has 25 heavy (non-hydrogen) atoms. The summed E-state index contributed by atoms with van der Waals surface area (Å²) in [6.07, 6.45) is 1.33. The lowest BCUT2D eigenvalue weighted by Crippen LogP contribution is -2.35. The highest BCUT2D eigenvalue weighted by atomic mass is 32.2. The first kappa shape index (κ1) is 18.3. The molecule has 2 heterocycles. The molecule has 1 amide bonds. The molecule has 0 radical (unpaired) electrons. The van der Waals surface area contributed by atoms with E-state index >= 15 is 0 Å². The molecule has 1 atom stereocenters. The van der Waals surface area contributed by atoms with E-state index in [0.717, 1.165) is 44.8 Å². The summed E-state index contributed by atoms with van der Waals surface area (Å²) in [6.45, 7) is 4.84. The fourth-order valence-corrected chi connectivity index (χ4v) is 3.60. The minimum Gasteiger partial charge on any atom is -0.379 e. The highest BCUT2D eigenvalue weighted by Gasteiger charge is 2.31. The number of morpholine rings is 1. The Balaban J connectivity index is 1.57. The van der Waals surface area contributed by atoms with Gasteiger partial charge in [0, 0.05) is 44.2 Å². The van der Waals surface area contributed by atoms with E-state index in [1.165, 1.54) is 5.56 Å². The lowest BCUT2D eigenvalue weighted by atomic mass is 10.1. The van der Waals surface area contributed by atoms with Crippen molar-refractivity contribution in [1.82, 2.24) is 4.90 Å². The van der Waals surface area contributed by atoms with Crippen molar-refractivity contribution in [2.75, 3.05) is 50.6 Å². The van der Waals surface area contributed by atoms with Gasteiger partial charge in [-0.1, -0.05) is 12.1 Å². The maximum absolute atomic E-state index is 12.2. The third kappa shape index (κ3) is 5.24. The molecule has 2 aliphatic rings. The van der Waals surface area contributed by atoms with Gasteiger partial charge in [0.1, 0.15) is 0 Å². The van der Waals surface area contributed by atoms with E-state index in [0.29, 0.717) is 13.0 Å². The Labute approximate surface area is 148 Å². The van der Waals surface area contributed by atoms with Crippen LogP contribution in [0.5, 0.6) is 0 Å². The summed E-state index contributed by atoms with van der Waals surface area (Å²) in [5.74, 6) is -0.0988. The number of rotatable bonds is 6. The molecule has 1 aromatic rings. The van der Waals surface area contributed by atoms with Gasteiger partial charge in [-0.15, -0.1) is 0 Å². The first-order chi connectivity index (χ1) is 11.9. The van der Waals surface area contributed by atoms with Gasteiger partial charge in [0.05, 0.1) is 26.1 Å². The van der Waals surface area contributed by atoms with Crippen molar-refractivity contribution in [3.05, 3.63) is 29.8 Å². The molecule has 2 fully saturated rings. The molecule has 0 aliphatic carbocycles. The van der Waals surface area contributed by atoms with Crippen LogP contribution in [-0.2, 0) is 30.4 Å². The van der Waals surface area contributed by atoms with Gasteiger partial charge in [-0.25, -0.2) is 0 Å². The predicted molar refractivity (Wildman–Crippen MR) is 93.8 cm³/mol. The topological polar surface area (TPSA) is 76.2 Å². The molecule has 3 rings (SSSR count). The molecule has 0 N–H and O–H groups in total. The van der Waals surface area contributed by atoms with Gasteiger partial charge in [0.2, 0.25) is 5.91 Å². The van der Waals surface area contributed by atoms with E-state index in [-0.39, 0.29) is 18.4 Å². The summed E-state index contributed by atoms with van der Waals surface area (Å²) in [5.41, 5.74) is 2.05. The molecule has 0 spiro atoms. The van der Waals surface area contributed by atoms with E-state index in [1.807, 2.05) is 24.3 Å². The van der Waals surface area contributed by atoms with Crippen LogP contribution in [0.4, 0.5) is 5.69 Å². The van der Waals surface area contributed by atoms with Gasteiger partial charge in [-0.2, -0.15) is 8.42 Å². The van der Waals surface area contributed by atoms with Gasteiger partial charge in [0.25, 0.3) is 10.1 Å². The van der Waals surface area contributed by atoms with Crippen molar-refractivity contribution < 1.29 is 22.1 Å². The van der Waals surface area contributed by atoms with Crippen LogP contribution in [0.2, 0.25) is 0 Å². The van der Waals surface area contributed by atoms with E-state index in [4.69, 9.17) is 8.92 Å². The van der Waals surface area contributed by atoms with Crippen LogP contribution in [-0.4, -0.2) is 64.9 Å². The number of carbonyl (C=O) groups excluding carboxylic acids is 1. The Morgan fingerprint density at radius 2 is 1.88 bits per heavy atom. The lowest BCUT2D eigenvalue weighted by molar-refractivity contribution is -0.117. The number of hydrogen-bond donors (Lipinski definition) is 0. The monoisotopic (exact) mass is 368 g/mol.